The van der Waals surface area contributed by atoms with Crippen molar-refractivity contribution < 1.29 is 0 Å². The number of hydrazone groups is 1. The first-order chi connectivity index (χ1) is 29.5. The molecule has 3 atom stereocenters. The van der Waals surface area contributed by atoms with Crippen LogP contribution < -0.4 is 15.6 Å². The van der Waals surface area contributed by atoms with E-state index in [0.29, 0.717) is 6.54 Å². The zero-order valence-electron chi connectivity index (χ0n) is 34.9. The first kappa shape index (κ1) is 41.2. The van der Waals surface area contributed by atoms with Crippen LogP contribution in [0.5, 0.6) is 0 Å². The average Bonchev–Trinajstić information content (AvgIpc) is 3.63. The van der Waals surface area contributed by atoms with Crippen LogP contribution in [0.25, 0.3) is 27.5 Å². The molecule has 0 aromatic heterocycles. The summed E-state index contributed by atoms with van der Waals surface area (Å²) in [6.07, 6.45) is 17.9. The van der Waals surface area contributed by atoms with Crippen molar-refractivity contribution in [3.63, 3.8) is 0 Å². The molecule has 1 aliphatic heterocycles. The van der Waals surface area contributed by atoms with Gasteiger partial charge >= 0.3 is 0 Å². The van der Waals surface area contributed by atoms with Gasteiger partial charge in [-0.1, -0.05) is 195 Å². The lowest BCUT2D eigenvalue weighted by Gasteiger charge is -2.34. The molecule has 1 aliphatic carbocycles. The molecule has 298 valence electrons. The zero-order chi connectivity index (χ0) is 41.8. The predicted molar refractivity (Wildman–Crippen MR) is 259 cm³/mol. The van der Waals surface area contributed by atoms with Crippen LogP contribution in [0.4, 0.5) is 11.4 Å². The molecule has 3 unspecified atom stereocenters. The summed E-state index contributed by atoms with van der Waals surface area (Å²) in [6.45, 7) is 17.8. The van der Waals surface area contributed by atoms with Crippen LogP contribution in [0.2, 0.25) is 0 Å². The fourth-order valence-corrected chi connectivity index (χ4v) is 8.31. The molecule has 0 fully saturated rings. The van der Waals surface area contributed by atoms with Gasteiger partial charge in [0.15, 0.2) is 0 Å². The molecule has 2 N–H and O–H groups in total. The van der Waals surface area contributed by atoms with Crippen molar-refractivity contribution >= 4 is 34.4 Å². The molecule has 4 nitrogen and oxygen atoms in total. The highest BCUT2D eigenvalue weighted by atomic mass is 15.4. The Morgan fingerprint density at radius 2 is 1.48 bits per heavy atom. The highest BCUT2D eigenvalue weighted by Crippen LogP contribution is 2.54. The van der Waals surface area contributed by atoms with Crippen molar-refractivity contribution in [3.8, 4) is 11.1 Å². The highest BCUT2D eigenvalue weighted by molar-refractivity contribution is 5.92. The highest BCUT2D eigenvalue weighted by Gasteiger charge is 2.43. The van der Waals surface area contributed by atoms with E-state index in [2.05, 4.69) is 193 Å². The molecular weight excluding hydrogens is 729 g/mol. The molecule has 0 radical (unpaired) electrons. The summed E-state index contributed by atoms with van der Waals surface area (Å²) in [5, 5.41) is 9.68. The molecule has 4 heteroatoms. The van der Waals surface area contributed by atoms with E-state index >= 15 is 0 Å². The molecule has 2 aliphatic rings. The maximum absolute atomic E-state index is 3.81. The molecule has 0 saturated carbocycles. The molecular formula is C56H54N4. The summed E-state index contributed by atoms with van der Waals surface area (Å²) < 4.78 is 0. The van der Waals surface area contributed by atoms with Crippen molar-refractivity contribution in [2.75, 3.05) is 11.4 Å². The Kier molecular flexibility index (Phi) is 13.5. The van der Waals surface area contributed by atoms with Crippen LogP contribution in [-0.4, -0.2) is 25.5 Å². The number of aryl methyl sites for hydroxylation is 1. The first-order valence-electron chi connectivity index (χ1n) is 20.7. The molecule has 0 amide bonds. The molecule has 60 heavy (non-hydrogen) atoms. The summed E-state index contributed by atoms with van der Waals surface area (Å²) >= 11 is 0. The predicted octanol–water partition coefficient (Wildman–Crippen LogP) is 13.4. The lowest BCUT2D eigenvalue weighted by molar-refractivity contribution is 0.516. The number of fused-ring (bicyclic) bond motifs is 6. The van der Waals surface area contributed by atoms with E-state index in [4.69, 9.17) is 0 Å². The largest absolute Gasteiger partial charge is 0.333 e. The van der Waals surface area contributed by atoms with Crippen LogP contribution in [0, 0.1) is 6.92 Å². The summed E-state index contributed by atoms with van der Waals surface area (Å²) in [5.74, 6) is 0.261. The Hall–Kier alpha value is -7.01. The molecule has 0 saturated heterocycles. The normalized spacial score (nSPS) is 16.3. The number of anilines is 2. The van der Waals surface area contributed by atoms with Crippen LogP contribution in [-0.2, 0) is 0 Å². The zero-order valence-corrected chi connectivity index (χ0v) is 34.9. The van der Waals surface area contributed by atoms with E-state index in [1.807, 2.05) is 56.4 Å². The van der Waals surface area contributed by atoms with Gasteiger partial charge in [-0.25, -0.2) is 0 Å². The summed E-state index contributed by atoms with van der Waals surface area (Å²) in [7, 11) is 0. The Morgan fingerprint density at radius 3 is 2.20 bits per heavy atom. The number of nitrogens with zero attached hydrogens (tertiary/aromatic N) is 2. The van der Waals surface area contributed by atoms with Gasteiger partial charge in [-0.3, -0.25) is 10.7 Å². The third kappa shape index (κ3) is 9.00. The average molecular weight is 783 g/mol. The van der Waals surface area contributed by atoms with Gasteiger partial charge in [0.1, 0.15) is 6.17 Å². The molecule has 8 rings (SSSR count). The first-order valence-corrected chi connectivity index (χ1v) is 20.7. The third-order valence-electron chi connectivity index (χ3n) is 11.2. The van der Waals surface area contributed by atoms with Gasteiger partial charge in [-0.15, -0.1) is 0 Å². The topological polar surface area (TPSA) is 39.7 Å². The lowest BCUT2D eigenvalue weighted by atomic mass is 9.76. The van der Waals surface area contributed by atoms with E-state index in [1.54, 1.807) is 6.08 Å². The van der Waals surface area contributed by atoms with Crippen molar-refractivity contribution in [1.82, 2.24) is 10.7 Å². The van der Waals surface area contributed by atoms with Crippen LogP contribution in [0.15, 0.2) is 224 Å². The Bertz CT molecular complexity index is 2630. The third-order valence-corrected chi connectivity index (χ3v) is 11.2. The van der Waals surface area contributed by atoms with E-state index in [0.717, 1.165) is 11.1 Å². The minimum Gasteiger partial charge on any atom is -0.333 e. The van der Waals surface area contributed by atoms with Crippen molar-refractivity contribution in [2.24, 2.45) is 5.10 Å². The minimum absolute atomic E-state index is 0.109. The van der Waals surface area contributed by atoms with E-state index in [9.17, 15) is 0 Å². The Labute approximate surface area is 356 Å². The maximum Gasteiger partial charge on any atom is 0.119 e. The Morgan fingerprint density at radius 1 is 0.750 bits per heavy atom. The van der Waals surface area contributed by atoms with Gasteiger partial charge in [-0.05, 0) is 99.8 Å². The SMILES string of the molecule is C=C/C=C\C(=C/C)C(NC/C(C=C)=C/C=C\C)NN=C.Cc1ccc2ccc(N3c4cc(-c5ccccc5)ccc4C4c5ccccc5C(c5ccccc5)=CC43)cc2c1. The molecule has 6 aromatic rings. The summed E-state index contributed by atoms with van der Waals surface area (Å²) in [5.41, 5.74) is 18.1. The van der Waals surface area contributed by atoms with Gasteiger partial charge in [0.05, 0.1) is 6.04 Å². The number of rotatable bonds is 13. The maximum atomic E-state index is 3.81. The molecule has 0 bridgehead atoms. The standard InChI is InChI=1S/C39H29N.C17H25N3/c1-26-16-17-28-18-20-32(23-31(28)22-26)40-37-24-30(27-10-4-2-5-11-27)19-21-35(37)39-34-15-9-8-14-33(34)36(25-38(39)40)29-12-6-3-7-13-29;1-6-10-12-15(8-3)14-19-17(20-18-5)16(9-4)13-11-7-2/h2-25,38-39H,1H3;6-13,17,19-20H,2-3,5,14H2,1,4H3/b;10-6-,13-11-,15-12+,16-9+. The van der Waals surface area contributed by atoms with Crippen LogP contribution in [0.3, 0.4) is 0 Å². The summed E-state index contributed by atoms with van der Waals surface area (Å²) in [4.78, 5) is 2.59. The number of benzene rings is 6. The fourth-order valence-electron chi connectivity index (χ4n) is 8.31. The van der Waals surface area contributed by atoms with Gasteiger partial charge in [0.25, 0.3) is 0 Å². The van der Waals surface area contributed by atoms with Crippen molar-refractivity contribution in [1.29, 1.82) is 0 Å². The molecule has 0 spiro atoms. The second kappa shape index (κ2) is 19.6. The quantitative estimate of drug-likeness (QED) is 0.0530. The van der Waals surface area contributed by atoms with E-state index < -0.39 is 0 Å². The van der Waals surface area contributed by atoms with E-state index in [1.165, 1.54) is 66.7 Å². The molecule has 6 aromatic carbocycles. The Balaban J connectivity index is 0.000000233. The number of allylic oxidation sites excluding steroid dienone is 6. The second-order valence-electron chi connectivity index (χ2n) is 15.0. The second-order valence-corrected chi connectivity index (χ2v) is 15.0. The van der Waals surface area contributed by atoms with Gasteiger partial charge in [0, 0.05) is 30.6 Å². The fraction of sp³-hybridized carbons (Fsp3) is 0.125. The number of hydrogen-bond donors (Lipinski definition) is 2. The van der Waals surface area contributed by atoms with Gasteiger partial charge in [0.2, 0.25) is 0 Å². The minimum atomic E-state index is -0.109. The van der Waals surface area contributed by atoms with Crippen LogP contribution >= 0.6 is 0 Å². The molecule has 1 heterocycles. The van der Waals surface area contributed by atoms with Gasteiger partial charge < -0.3 is 4.90 Å². The van der Waals surface area contributed by atoms with Crippen molar-refractivity contribution in [2.45, 2.75) is 38.9 Å². The number of hydrogen-bond acceptors (Lipinski definition) is 4. The lowest BCUT2D eigenvalue weighted by Crippen LogP contribution is -2.41. The monoisotopic (exact) mass is 782 g/mol. The summed E-state index contributed by atoms with van der Waals surface area (Å²) in [6, 6.07) is 51.5. The van der Waals surface area contributed by atoms with Crippen LogP contribution in [0.1, 0.15) is 47.6 Å². The van der Waals surface area contributed by atoms with E-state index in [-0.39, 0.29) is 18.1 Å². The number of nitrogens with one attached hydrogen (secondary N) is 2. The van der Waals surface area contributed by atoms with Crippen molar-refractivity contribution in [3.05, 3.63) is 246 Å². The smallest absolute Gasteiger partial charge is 0.119 e. The van der Waals surface area contributed by atoms with Gasteiger partial charge in [-0.2, -0.15) is 5.10 Å².